The van der Waals surface area contributed by atoms with Gasteiger partial charge in [-0.25, -0.2) is 4.98 Å². The number of nitrogens with two attached hydrogens (primary N) is 1. The molecule has 3 aromatic heterocycles. The van der Waals surface area contributed by atoms with Crippen LogP contribution in [0.3, 0.4) is 0 Å². The number of ether oxygens (including phenoxy) is 1. The zero-order valence-corrected chi connectivity index (χ0v) is 16.8. The molecule has 0 aliphatic carbocycles. The van der Waals surface area contributed by atoms with Crippen molar-refractivity contribution in [2.45, 2.75) is 26.3 Å². The first-order valence-electron chi connectivity index (χ1n) is 9.47. The topological polar surface area (TPSA) is 91.7 Å². The van der Waals surface area contributed by atoms with Crippen LogP contribution in [0.5, 0.6) is 6.01 Å². The number of benzene rings is 1. The number of hydrogen-bond donors (Lipinski definition) is 1. The lowest BCUT2D eigenvalue weighted by Crippen LogP contribution is -2.07. The Kier molecular flexibility index (Phi) is 5.57. The van der Waals surface area contributed by atoms with Crippen LogP contribution in [0.2, 0.25) is 5.02 Å². The van der Waals surface area contributed by atoms with Crippen LogP contribution in [0.25, 0.3) is 22.6 Å². The van der Waals surface area contributed by atoms with E-state index in [4.69, 9.17) is 27.1 Å². The van der Waals surface area contributed by atoms with Crippen LogP contribution in [0.1, 0.15) is 25.3 Å². The van der Waals surface area contributed by atoms with Gasteiger partial charge in [-0.3, -0.25) is 4.98 Å². The minimum Gasteiger partial charge on any atom is -0.463 e. The second-order valence-electron chi connectivity index (χ2n) is 6.66. The second-order valence-corrected chi connectivity index (χ2v) is 7.10. The van der Waals surface area contributed by atoms with Gasteiger partial charge in [0, 0.05) is 18.0 Å². The monoisotopic (exact) mass is 408 g/mol. The Labute approximate surface area is 173 Å². The highest BCUT2D eigenvalue weighted by Crippen LogP contribution is 2.29. The Hall–Kier alpha value is -3.19. The molecule has 3 heterocycles. The number of pyridine rings is 1. The summed E-state index contributed by atoms with van der Waals surface area (Å²) in [5.41, 5.74) is 9.22. The highest BCUT2D eigenvalue weighted by Gasteiger charge is 2.19. The molecule has 0 fully saturated rings. The number of nitrogens with zero attached hydrogens (tertiary/aromatic N) is 5. The molecule has 0 atom stereocenters. The molecule has 0 aliphatic rings. The van der Waals surface area contributed by atoms with Gasteiger partial charge in [0.05, 0.1) is 18.2 Å². The summed E-state index contributed by atoms with van der Waals surface area (Å²) < 4.78 is 7.69. The molecule has 0 amide bonds. The average Bonchev–Trinajstić information content (AvgIpc) is 3.08. The summed E-state index contributed by atoms with van der Waals surface area (Å²) in [6, 6.07) is 12.2. The molecule has 7 nitrogen and oxygen atoms in total. The molecule has 0 saturated carbocycles. The van der Waals surface area contributed by atoms with Crippen molar-refractivity contribution >= 4 is 28.6 Å². The largest absolute Gasteiger partial charge is 0.463 e. The average molecular weight is 409 g/mol. The third kappa shape index (κ3) is 4.14. The molecule has 1 aromatic carbocycles. The van der Waals surface area contributed by atoms with Gasteiger partial charge in [-0.1, -0.05) is 55.3 Å². The van der Waals surface area contributed by atoms with Crippen molar-refractivity contribution in [1.29, 1.82) is 0 Å². The number of aromatic nitrogens is 5. The second kappa shape index (κ2) is 8.45. The maximum atomic E-state index is 6.20. The molecule has 8 heteroatoms. The van der Waals surface area contributed by atoms with Crippen LogP contribution in [0.15, 0.2) is 48.8 Å². The van der Waals surface area contributed by atoms with Crippen molar-refractivity contribution in [3.05, 3.63) is 59.4 Å². The third-order valence-electron chi connectivity index (χ3n) is 4.48. The predicted molar refractivity (Wildman–Crippen MR) is 114 cm³/mol. The number of anilines is 1. The molecular weight excluding hydrogens is 388 g/mol. The number of unbranched alkanes of at least 4 members (excludes halogenated alkanes) is 1. The lowest BCUT2D eigenvalue weighted by molar-refractivity contribution is 0.286. The van der Waals surface area contributed by atoms with Gasteiger partial charge in [0.15, 0.2) is 17.0 Å². The Morgan fingerprint density at radius 2 is 1.93 bits per heavy atom. The fourth-order valence-corrected chi connectivity index (χ4v) is 3.22. The molecule has 0 saturated heterocycles. The third-order valence-corrected chi connectivity index (χ3v) is 4.68. The maximum Gasteiger partial charge on any atom is 0.320 e. The molecule has 0 aliphatic heterocycles. The van der Waals surface area contributed by atoms with E-state index in [1.165, 1.54) is 0 Å². The summed E-state index contributed by atoms with van der Waals surface area (Å²) in [6.45, 7) is 3.20. The Balaban J connectivity index is 1.86. The SMILES string of the molecule is CCCCOc1nc(N)c2nc(-c3cncc(Cl)c3)n(Cc3ccccc3)c2n1. The van der Waals surface area contributed by atoms with Gasteiger partial charge in [-0.2, -0.15) is 9.97 Å². The number of fused-ring (bicyclic) bond motifs is 1. The van der Waals surface area contributed by atoms with Gasteiger partial charge >= 0.3 is 6.01 Å². The minimum atomic E-state index is 0.258. The van der Waals surface area contributed by atoms with Gasteiger partial charge in [0.25, 0.3) is 0 Å². The highest BCUT2D eigenvalue weighted by atomic mass is 35.5. The number of hydrogen-bond acceptors (Lipinski definition) is 6. The molecule has 2 N–H and O–H groups in total. The molecule has 4 rings (SSSR count). The summed E-state index contributed by atoms with van der Waals surface area (Å²) >= 11 is 6.16. The van der Waals surface area contributed by atoms with Crippen LogP contribution in [0, 0.1) is 0 Å². The number of imidazole rings is 1. The van der Waals surface area contributed by atoms with E-state index in [1.54, 1.807) is 12.4 Å². The molecule has 148 valence electrons. The van der Waals surface area contributed by atoms with Crippen molar-refractivity contribution in [3.8, 4) is 17.4 Å². The molecule has 0 bridgehead atoms. The van der Waals surface area contributed by atoms with E-state index in [0.717, 1.165) is 24.0 Å². The van der Waals surface area contributed by atoms with Crippen LogP contribution in [-0.2, 0) is 6.54 Å². The van der Waals surface area contributed by atoms with Crippen molar-refractivity contribution in [1.82, 2.24) is 24.5 Å². The van der Waals surface area contributed by atoms with Gasteiger partial charge in [-0.05, 0) is 18.1 Å². The maximum absolute atomic E-state index is 6.20. The van der Waals surface area contributed by atoms with Gasteiger partial charge in [-0.15, -0.1) is 0 Å². The van der Waals surface area contributed by atoms with Crippen molar-refractivity contribution < 1.29 is 4.74 Å². The summed E-state index contributed by atoms with van der Waals surface area (Å²) in [5, 5.41) is 0.531. The Bertz CT molecular complexity index is 1130. The van der Waals surface area contributed by atoms with E-state index in [0.29, 0.717) is 35.2 Å². The van der Waals surface area contributed by atoms with E-state index in [9.17, 15) is 0 Å². The molecule has 0 spiro atoms. The van der Waals surface area contributed by atoms with Crippen molar-refractivity contribution in [2.75, 3.05) is 12.3 Å². The Morgan fingerprint density at radius 3 is 2.69 bits per heavy atom. The fraction of sp³-hybridized carbons (Fsp3) is 0.238. The van der Waals surface area contributed by atoms with Crippen LogP contribution >= 0.6 is 11.6 Å². The number of nitrogen functional groups attached to an aromatic ring is 1. The summed E-state index contributed by atoms with van der Waals surface area (Å²) in [5.74, 6) is 0.954. The molecule has 4 aromatic rings. The summed E-state index contributed by atoms with van der Waals surface area (Å²) in [7, 11) is 0. The van der Waals surface area contributed by atoms with E-state index < -0.39 is 0 Å². The van der Waals surface area contributed by atoms with Gasteiger partial charge in [0.2, 0.25) is 0 Å². The number of rotatable bonds is 7. The standard InChI is InChI=1S/C21H21ClN6O/c1-2-3-9-29-21-26-18(23)17-20(27-21)28(13-14-7-5-4-6-8-14)19(25-17)15-10-16(22)12-24-11-15/h4-8,10-12H,2-3,9,13H2,1H3,(H2,23,26,27). The molecular formula is C21H21ClN6O. The quantitative estimate of drug-likeness (QED) is 0.457. The van der Waals surface area contributed by atoms with Gasteiger partial charge in [0.1, 0.15) is 5.82 Å². The van der Waals surface area contributed by atoms with Crippen LogP contribution in [0.4, 0.5) is 5.82 Å². The van der Waals surface area contributed by atoms with Crippen LogP contribution < -0.4 is 10.5 Å². The van der Waals surface area contributed by atoms with E-state index in [-0.39, 0.29) is 11.8 Å². The zero-order chi connectivity index (χ0) is 20.2. The van der Waals surface area contributed by atoms with Gasteiger partial charge < -0.3 is 15.0 Å². The lowest BCUT2D eigenvalue weighted by atomic mass is 10.2. The zero-order valence-electron chi connectivity index (χ0n) is 16.0. The first-order valence-corrected chi connectivity index (χ1v) is 9.85. The fourth-order valence-electron chi connectivity index (χ4n) is 3.04. The normalized spacial score (nSPS) is 11.1. The summed E-state index contributed by atoms with van der Waals surface area (Å²) in [6.07, 6.45) is 5.25. The van der Waals surface area contributed by atoms with E-state index in [1.807, 2.05) is 28.8 Å². The van der Waals surface area contributed by atoms with E-state index in [2.05, 4.69) is 34.0 Å². The molecule has 0 radical (unpaired) electrons. The van der Waals surface area contributed by atoms with Crippen molar-refractivity contribution in [3.63, 3.8) is 0 Å². The predicted octanol–water partition coefficient (Wildman–Crippen LogP) is 4.35. The first kappa shape index (κ1) is 19.1. The van der Waals surface area contributed by atoms with Crippen molar-refractivity contribution in [2.24, 2.45) is 0 Å². The van der Waals surface area contributed by atoms with E-state index >= 15 is 0 Å². The smallest absolute Gasteiger partial charge is 0.320 e. The first-order chi connectivity index (χ1) is 14.2. The van der Waals surface area contributed by atoms with Crippen LogP contribution in [-0.4, -0.2) is 31.1 Å². The molecule has 0 unspecified atom stereocenters. The minimum absolute atomic E-state index is 0.258. The Morgan fingerprint density at radius 1 is 1.10 bits per heavy atom. The highest BCUT2D eigenvalue weighted by molar-refractivity contribution is 6.30. The molecule has 29 heavy (non-hydrogen) atoms. The number of halogens is 1. The lowest BCUT2D eigenvalue weighted by Gasteiger charge is -2.10. The summed E-state index contributed by atoms with van der Waals surface area (Å²) in [4.78, 5) is 17.8.